The van der Waals surface area contributed by atoms with Crippen LogP contribution in [0.3, 0.4) is 0 Å². The molecule has 2 atom stereocenters. The summed E-state index contributed by atoms with van der Waals surface area (Å²) in [4.78, 5) is 13.7. The number of nitrogens with one attached hydrogen (secondary N) is 1. The van der Waals surface area contributed by atoms with Gasteiger partial charge in [-0.15, -0.1) is 0 Å². The summed E-state index contributed by atoms with van der Waals surface area (Å²) in [6.07, 6.45) is 1.52. The number of likely N-dealkylation sites (tertiary alicyclic amines) is 1. The van der Waals surface area contributed by atoms with Crippen LogP contribution in [0, 0.1) is 0 Å². The highest BCUT2D eigenvalue weighted by Crippen LogP contribution is 2.20. The quantitative estimate of drug-likeness (QED) is 0.675. The van der Waals surface area contributed by atoms with Crippen molar-refractivity contribution in [2.24, 2.45) is 0 Å². The number of aliphatic hydroxyl groups excluding tert-OH is 1. The molecule has 2 N–H and O–H groups in total. The molecule has 18 heavy (non-hydrogen) atoms. The summed E-state index contributed by atoms with van der Waals surface area (Å²) >= 11 is 0. The molecule has 0 bridgehead atoms. The molecule has 2 heterocycles. The Hall–Kier alpha value is -0.690. The standard InChI is InChI=1S/C12H22N2O4/c1-17-8-12(16)13-10-6-14(7-11(10)15)9-2-4-18-5-3-9/h9-11,15H,2-8H2,1H3,(H,13,16)/t10-,11-/m1/s1. The third-order valence-electron chi connectivity index (χ3n) is 3.65. The average Bonchev–Trinajstić information content (AvgIpc) is 2.72. The van der Waals surface area contributed by atoms with Gasteiger partial charge in [0.2, 0.25) is 5.91 Å². The SMILES string of the molecule is COCC(=O)N[C@@H]1CN(C2CCOCC2)C[C@H]1O. The number of amides is 1. The molecular formula is C12H22N2O4. The lowest BCUT2D eigenvalue weighted by Crippen LogP contribution is -2.45. The first-order chi connectivity index (χ1) is 8.70. The molecule has 1 amide bonds. The Balaban J connectivity index is 1.82. The Morgan fingerprint density at radius 1 is 1.44 bits per heavy atom. The van der Waals surface area contributed by atoms with Gasteiger partial charge in [-0.25, -0.2) is 0 Å². The molecule has 6 nitrogen and oxygen atoms in total. The van der Waals surface area contributed by atoms with Crippen molar-refractivity contribution in [2.45, 2.75) is 31.0 Å². The van der Waals surface area contributed by atoms with E-state index < -0.39 is 6.10 Å². The van der Waals surface area contributed by atoms with Crippen LogP contribution in [0.25, 0.3) is 0 Å². The van der Waals surface area contributed by atoms with Gasteiger partial charge in [0, 0.05) is 39.5 Å². The van der Waals surface area contributed by atoms with E-state index in [1.54, 1.807) is 0 Å². The molecule has 0 saturated carbocycles. The summed E-state index contributed by atoms with van der Waals surface area (Å²) in [5, 5.41) is 12.8. The largest absolute Gasteiger partial charge is 0.390 e. The molecule has 6 heteroatoms. The molecular weight excluding hydrogens is 236 g/mol. The summed E-state index contributed by atoms with van der Waals surface area (Å²) in [5.74, 6) is -0.171. The second-order valence-corrected chi connectivity index (χ2v) is 4.97. The van der Waals surface area contributed by atoms with E-state index in [2.05, 4.69) is 10.2 Å². The second-order valence-electron chi connectivity index (χ2n) is 4.97. The van der Waals surface area contributed by atoms with Gasteiger partial charge in [0.05, 0.1) is 12.1 Å². The van der Waals surface area contributed by atoms with E-state index in [0.717, 1.165) is 26.1 Å². The zero-order chi connectivity index (χ0) is 13.0. The predicted molar refractivity (Wildman–Crippen MR) is 65.2 cm³/mol. The lowest BCUT2D eigenvalue weighted by atomic mass is 10.1. The molecule has 2 aliphatic heterocycles. The predicted octanol–water partition coefficient (Wildman–Crippen LogP) is -1.03. The molecule has 2 saturated heterocycles. The lowest BCUT2D eigenvalue weighted by molar-refractivity contribution is -0.125. The maximum atomic E-state index is 11.4. The number of carbonyl (C=O) groups is 1. The van der Waals surface area contributed by atoms with Crippen molar-refractivity contribution in [3.63, 3.8) is 0 Å². The van der Waals surface area contributed by atoms with Gasteiger partial charge in [0.15, 0.2) is 0 Å². The zero-order valence-corrected chi connectivity index (χ0v) is 10.8. The smallest absolute Gasteiger partial charge is 0.246 e. The second kappa shape index (κ2) is 6.47. The summed E-state index contributed by atoms with van der Waals surface area (Å²) in [6.45, 7) is 2.96. The molecule has 0 radical (unpaired) electrons. The number of ether oxygens (including phenoxy) is 2. The number of hydrogen-bond donors (Lipinski definition) is 2. The van der Waals surface area contributed by atoms with Gasteiger partial charge in [-0.1, -0.05) is 0 Å². The van der Waals surface area contributed by atoms with E-state index >= 15 is 0 Å². The maximum absolute atomic E-state index is 11.4. The van der Waals surface area contributed by atoms with E-state index in [9.17, 15) is 9.90 Å². The van der Waals surface area contributed by atoms with Crippen molar-refractivity contribution in [3.8, 4) is 0 Å². The highest BCUT2D eigenvalue weighted by molar-refractivity contribution is 5.77. The number of nitrogens with zero attached hydrogens (tertiary/aromatic N) is 1. The Morgan fingerprint density at radius 3 is 2.83 bits per heavy atom. The van der Waals surface area contributed by atoms with Crippen molar-refractivity contribution < 1.29 is 19.4 Å². The van der Waals surface area contributed by atoms with Crippen molar-refractivity contribution >= 4 is 5.91 Å². The fraction of sp³-hybridized carbons (Fsp3) is 0.917. The van der Waals surface area contributed by atoms with Gasteiger partial charge in [-0.05, 0) is 12.8 Å². The number of hydrogen-bond acceptors (Lipinski definition) is 5. The van der Waals surface area contributed by atoms with Gasteiger partial charge >= 0.3 is 0 Å². The molecule has 0 aromatic heterocycles. The minimum absolute atomic E-state index is 0.0422. The normalized spacial score (nSPS) is 30.6. The highest BCUT2D eigenvalue weighted by atomic mass is 16.5. The van der Waals surface area contributed by atoms with Gasteiger partial charge in [-0.2, -0.15) is 0 Å². The van der Waals surface area contributed by atoms with Crippen molar-refractivity contribution in [1.82, 2.24) is 10.2 Å². The molecule has 2 fully saturated rings. The Labute approximate surface area is 107 Å². The van der Waals surface area contributed by atoms with E-state index in [0.29, 0.717) is 19.1 Å². The van der Waals surface area contributed by atoms with Crippen LogP contribution >= 0.6 is 0 Å². The van der Waals surface area contributed by atoms with Crippen LogP contribution in [-0.2, 0) is 14.3 Å². The molecule has 2 aliphatic rings. The lowest BCUT2D eigenvalue weighted by Gasteiger charge is -2.30. The summed E-state index contributed by atoms with van der Waals surface area (Å²) in [7, 11) is 1.49. The topological polar surface area (TPSA) is 71.0 Å². The Kier molecular flexibility index (Phi) is 4.94. The monoisotopic (exact) mass is 258 g/mol. The van der Waals surface area contributed by atoms with Crippen LogP contribution in [-0.4, -0.2) is 74.1 Å². The molecule has 0 spiro atoms. The van der Waals surface area contributed by atoms with Crippen LogP contribution < -0.4 is 5.32 Å². The summed E-state index contributed by atoms with van der Waals surface area (Å²) in [6, 6.07) is 0.285. The first-order valence-corrected chi connectivity index (χ1v) is 6.49. The average molecular weight is 258 g/mol. The maximum Gasteiger partial charge on any atom is 0.246 e. The van der Waals surface area contributed by atoms with Crippen LogP contribution in [0.4, 0.5) is 0 Å². The fourth-order valence-corrected chi connectivity index (χ4v) is 2.69. The molecule has 0 aliphatic carbocycles. The van der Waals surface area contributed by atoms with Crippen LogP contribution in [0.15, 0.2) is 0 Å². The number of methoxy groups -OCH3 is 1. The number of β-amino-alcohol motifs (C(OH)–C–C–N with tert-alkyl or cyclic N) is 1. The number of aliphatic hydroxyl groups is 1. The first kappa shape index (κ1) is 13.7. The Morgan fingerprint density at radius 2 is 2.17 bits per heavy atom. The summed E-state index contributed by atoms with van der Waals surface area (Å²) < 4.78 is 10.1. The van der Waals surface area contributed by atoms with E-state index in [1.165, 1.54) is 7.11 Å². The van der Waals surface area contributed by atoms with Crippen LogP contribution in [0.1, 0.15) is 12.8 Å². The summed E-state index contributed by atoms with van der Waals surface area (Å²) in [5.41, 5.74) is 0. The zero-order valence-electron chi connectivity index (χ0n) is 10.8. The van der Waals surface area contributed by atoms with Crippen molar-refractivity contribution in [1.29, 1.82) is 0 Å². The minimum Gasteiger partial charge on any atom is -0.390 e. The first-order valence-electron chi connectivity index (χ1n) is 6.49. The third kappa shape index (κ3) is 3.41. The van der Waals surface area contributed by atoms with E-state index in [1.807, 2.05) is 0 Å². The highest BCUT2D eigenvalue weighted by Gasteiger charge is 2.36. The minimum atomic E-state index is -0.492. The van der Waals surface area contributed by atoms with E-state index in [-0.39, 0.29) is 18.6 Å². The van der Waals surface area contributed by atoms with Gasteiger partial charge < -0.3 is 19.9 Å². The molecule has 0 unspecified atom stereocenters. The number of carbonyl (C=O) groups excluding carboxylic acids is 1. The molecule has 2 rings (SSSR count). The van der Waals surface area contributed by atoms with E-state index in [4.69, 9.17) is 9.47 Å². The van der Waals surface area contributed by atoms with Gasteiger partial charge in [-0.3, -0.25) is 9.69 Å². The molecule has 0 aromatic carbocycles. The fourth-order valence-electron chi connectivity index (χ4n) is 2.69. The van der Waals surface area contributed by atoms with Crippen molar-refractivity contribution in [2.75, 3.05) is 40.0 Å². The van der Waals surface area contributed by atoms with Crippen LogP contribution in [0.2, 0.25) is 0 Å². The van der Waals surface area contributed by atoms with Crippen molar-refractivity contribution in [3.05, 3.63) is 0 Å². The Bertz CT molecular complexity index is 281. The van der Waals surface area contributed by atoms with Gasteiger partial charge in [0.1, 0.15) is 6.61 Å². The van der Waals surface area contributed by atoms with Crippen LogP contribution in [0.5, 0.6) is 0 Å². The third-order valence-corrected chi connectivity index (χ3v) is 3.65. The number of rotatable bonds is 4. The molecule has 104 valence electrons. The molecule has 0 aromatic rings. The van der Waals surface area contributed by atoms with Gasteiger partial charge in [0.25, 0.3) is 0 Å².